The van der Waals surface area contributed by atoms with Gasteiger partial charge < -0.3 is 56.8 Å². The molecule has 0 radical (unpaired) electrons. The van der Waals surface area contributed by atoms with E-state index in [2.05, 4.69) is 9.97 Å². The van der Waals surface area contributed by atoms with Gasteiger partial charge in [-0.2, -0.15) is 0 Å². The Morgan fingerprint density at radius 3 is 0.764 bits per heavy atom. The molecular formula is C41H46N4NiO9. The minimum atomic E-state index is -2.11. The van der Waals surface area contributed by atoms with Gasteiger partial charge in [0.25, 0.3) is 0 Å². The number of nitrogens with two attached hydrogens (primary N) is 2. The first-order valence-electron chi connectivity index (χ1n) is 15.9. The Morgan fingerprint density at radius 2 is 0.636 bits per heavy atom. The van der Waals surface area contributed by atoms with Gasteiger partial charge in [-0.05, 0) is 46.5 Å². The molecular weight excluding hydrogens is 751 g/mol. The number of aliphatic carboxylic acids is 2. The molecule has 6 aromatic rings. The van der Waals surface area contributed by atoms with Gasteiger partial charge in [0.05, 0.1) is 11.9 Å². The van der Waals surface area contributed by atoms with E-state index < -0.39 is 23.1 Å². The van der Waals surface area contributed by atoms with Crippen molar-refractivity contribution in [2.24, 2.45) is 0 Å². The third-order valence-corrected chi connectivity index (χ3v) is 6.73. The molecule has 0 fully saturated rings. The molecule has 4 aromatic carbocycles. The van der Waals surface area contributed by atoms with E-state index in [1.54, 1.807) is 146 Å². The predicted molar refractivity (Wildman–Crippen MR) is 204 cm³/mol. The second-order valence-electron chi connectivity index (χ2n) is 9.97. The number of carboxylic acid groups (broad SMARTS) is 2. The van der Waals surface area contributed by atoms with Crippen LogP contribution in [-0.4, -0.2) is 68.8 Å². The zero-order valence-corrected chi connectivity index (χ0v) is 31.4. The van der Waals surface area contributed by atoms with E-state index in [0.717, 1.165) is 21.3 Å². The normalized spacial score (nSPS) is 9.38. The Bertz CT molecular complexity index is 1600. The molecule has 14 heteroatoms. The van der Waals surface area contributed by atoms with Crippen LogP contribution in [0.25, 0.3) is 0 Å². The van der Waals surface area contributed by atoms with E-state index in [1.807, 2.05) is 24.3 Å². The summed E-state index contributed by atoms with van der Waals surface area (Å²) in [5.41, 5.74) is 7.41. The second-order valence-corrected chi connectivity index (χ2v) is 9.97. The number of aliphatic hydroxyl groups excluding tert-OH is 3. The largest absolute Gasteiger partial charge is 2.00 e. The summed E-state index contributed by atoms with van der Waals surface area (Å²) in [6.45, 7) is 0. The maximum Gasteiger partial charge on any atom is 2.00 e. The summed E-state index contributed by atoms with van der Waals surface area (Å²) in [5, 5.41) is 64.3. The maximum atomic E-state index is 11.3. The van der Waals surface area contributed by atoms with Crippen LogP contribution in [0.15, 0.2) is 170 Å². The number of carbonyl (C=O) groups excluding carboxylic acids is 2. The quantitative estimate of drug-likeness (QED) is 0.118. The summed E-state index contributed by atoms with van der Waals surface area (Å²) in [6, 6.07) is 43.7. The Morgan fingerprint density at radius 1 is 0.436 bits per heavy atom. The number of hydrogen-bond acceptors (Lipinski definition) is 13. The fraction of sp³-hybridized carbons (Fsp3) is 0.122. The van der Waals surface area contributed by atoms with Gasteiger partial charge >= 0.3 is 16.5 Å². The first-order chi connectivity index (χ1) is 26.1. The summed E-state index contributed by atoms with van der Waals surface area (Å²) in [6.07, 6.45) is 3.32. The van der Waals surface area contributed by atoms with E-state index in [0.29, 0.717) is 11.6 Å². The molecule has 9 N–H and O–H groups in total. The Kier molecular flexibility index (Phi) is 27.4. The molecule has 294 valence electrons. The zero-order chi connectivity index (χ0) is 40.8. The van der Waals surface area contributed by atoms with Gasteiger partial charge in [0.1, 0.15) is 11.6 Å². The standard InChI is InChI=1S/2C14H12O3.2C5H6N2.3CH4O.Ni/c2*15-13(16)14(17,11-7-3-1-4-8-11)12-9-5-2-6-10-12;2*6-5-3-1-2-4-7-5;3*1-2;/h2*1-10,17H,(H,15,16);2*1-4H,(H2,6,7);3*2H,1H3;/q;;;;;;;+2/p-2. The van der Waals surface area contributed by atoms with Crippen LogP contribution in [0.4, 0.5) is 11.6 Å². The summed E-state index contributed by atoms with van der Waals surface area (Å²) < 4.78 is 0. The van der Waals surface area contributed by atoms with Crippen LogP contribution in [0, 0.1) is 0 Å². The smallest absolute Gasteiger partial charge is 0.546 e. The third kappa shape index (κ3) is 16.7. The van der Waals surface area contributed by atoms with Crippen molar-refractivity contribution < 1.29 is 61.8 Å². The van der Waals surface area contributed by atoms with Crippen molar-refractivity contribution in [1.82, 2.24) is 9.97 Å². The van der Waals surface area contributed by atoms with Crippen LogP contribution in [0.5, 0.6) is 0 Å². The van der Waals surface area contributed by atoms with Gasteiger partial charge in [-0.1, -0.05) is 133 Å². The van der Waals surface area contributed by atoms with Crippen LogP contribution < -0.4 is 21.7 Å². The first kappa shape index (κ1) is 51.1. The minimum Gasteiger partial charge on any atom is -0.546 e. The minimum absolute atomic E-state index is 0. The fourth-order valence-electron chi connectivity index (χ4n) is 4.27. The van der Waals surface area contributed by atoms with Crippen molar-refractivity contribution in [3.05, 3.63) is 192 Å². The summed E-state index contributed by atoms with van der Waals surface area (Å²) in [5.74, 6) is -1.92. The summed E-state index contributed by atoms with van der Waals surface area (Å²) in [4.78, 5) is 30.0. The van der Waals surface area contributed by atoms with Gasteiger partial charge in [0.2, 0.25) is 0 Å². The number of pyridine rings is 2. The summed E-state index contributed by atoms with van der Waals surface area (Å²) in [7, 11) is 3.00. The molecule has 0 atom stereocenters. The van der Waals surface area contributed by atoms with Crippen molar-refractivity contribution in [3.63, 3.8) is 0 Å². The van der Waals surface area contributed by atoms with E-state index in [4.69, 9.17) is 26.8 Å². The molecule has 0 saturated carbocycles. The molecule has 0 aliphatic carbocycles. The maximum absolute atomic E-state index is 11.3. The average Bonchev–Trinajstić information content (AvgIpc) is 3.25. The van der Waals surface area contributed by atoms with Crippen molar-refractivity contribution in [3.8, 4) is 0 Å². The first-order valence-corrected chi connectivity index (χ1v) is 15.9. The van der Waals surface area contributed by atoms with E-state index in [9.17, 15) is 30.0 Å². The molecule has 0 aliphatic rings. The van der Waals surface area contributed by atoms with Crippen LogP contribution in [0.2, 0.25) is 0 Å². The molecule has 0 saturated heterocycles. The molecule has 2 aromatic heterocycles. The predicted octanol–water partition coefficient (Wildman–Crippen LogP) is 1.50. The SMILES string of the molecule is CO.CO.CO.Nc1ccccn1.Nc1ccccn1.O=C([O-])C(O)(c1ccccc1)c1ccccc1.O=C([O-])C(O)(c1ccccc1)c1ccccc1.[Ni+2]. The van der Waals surface area contributed by atoms with Gasteiger partial charge in [-0.3, -0.25) is 0 Å². The topological polar surface area (TPSA) is 259 Å². The van der Waals surface area contributed by atoms with Crippen LogP contribution in [0.1, 0.15) is 22.3 Å². The molecule has 55 heavy (non-hydrogen) atoms. The molecule has 0 spiro atoms. The molecule has 0 bridgehead atoms. The van der Waals surface area contributed by atoms with Gasteiger partial charge in [-0.15, -0.1) is 0 Å². The molecule has 0 amide bonds. The number of anilines is 2. The van der Waals surface area contributed by atoms with Gasteiger partial charge in [-0.25, -0.2) is 9.97 Å². The van der Waals surface area contributed by atoms with Gasteiger partial charge in [0.15, 0.2) is 11.2 Å². The number of nitrogens with zero attached hydrogens (tertiary/aromatic N) is 2. The van der Waals surface area contributed by atoms with E-state index in [-0.39, 0.29) is 38.7 Å². The number of aliphatic hydroxyl groups is 5. The molecule has 0 aliphatic heterocycles. The average molecular weight is 798 g/mol. The molecule has 0 unspecified atom stereocenters. The number of hydrogen-bond donors (Lipinski definition) is 7. The number of aromatic nitrogens is 2. The third-order valence-electron chi connectivity index (χ3n) is 6.73. The van der Waals surface area contributed by atoms with Crippen molar-refractivity contribution in [2.75, 3.05) is 32.8 Å². The molecule has 13 nitrogen and oxygen atoms in total. The number of nitrogen functional groups attached to an aromatic ring is 2. The molecule has 2 heterocycles. The fourth-order valence-corrected chi connectivity index (χ4v) is 4.27. The van der Waals surface area contributed by atoms with Gasteiger partial charge in [0, 0.05) is 33.7 Å². The number of rotatable bonds is 6. The van der Waals surface area contributed by atoms with Crippen LogP contribution in [-0.2, 0) is 37.3 Å². The molecule has 6 rings (SSSR count). The van der Waals surface area contributed by atoms with Crippen LogP contribution in [0.3, 0.4) is 0 Å². The van der Waals surface area contributed by atoms with Crippen molar-refractivity contribution >= 4 is 23.6 Å². The number of carboxylic acids is 2. The zero-order valence-electron chi connectivity index (χ0n) is 30.4. The van der Waals surface area contributed by atoms with E-state index >= 15 is 0 Å². The van der Waals surface area contributed by atoms with Crippen LogP contribution >= 0.6 is 0 Å². The summed E-state index contributed by atoms with van der Waals surface area (Å²) >= 11 is 0. The Balaban J connectivity index is 0. The second kappa shape index (κ2) is 29.5. The number of benzene rings is 4. The van der Waals surface area contributed by atoms with Crippen molar-refractivity contribution in [1.29, 1.82) is 0 Å². The van der Waals surface area contributed by atoms with Crippen molar-refractivity contribution in [2.45, 2.75) is 11.2 Å². The number of carbonyl (C=O) groups is 2. The monoisotopic (exact) mass is 796 g/mol. The Hall–Kier alpha value is -5.99. The Labute approximate surface area is 330 Å². The van der Waals surface area contributed by atoms with E-state index in [1.165, 1.54) is 0 Å².